The predicted molar refractivity (Wildman–Crippen MR) is 73.7 cm³/mol. The van der Waals surface area contributed by atoms with Crippen LogP contribution in [-0.4, -0.2) is 22.9 Å². The van der Waals surface area contributed by atoms with Gasteiger partial charge < -0.3 is 9.90 Å². The zero-order chi connectivity index (χ0) is 14.7. The fourth-order valence-corrected chi connectivity index (χ4v) is 3.14. The van der Waals surface area contributed by atoms with Gasteiger partial charge in [-0.05, 0) is 19.1 Å². The van der Waals surface area contributed by atoms with Gasteiger partial charge >= 0.3 is 0 Å². The first-order valence-electron chi connectivity index (χ1n) is 5.97. The van der Waals surface area contributed by atoms with Crippen LogP contribution in [0.25, 0.3) is 0 Å². The molecule has 1 heterocycles. The molecule has 1 aliphatic rings. The van der Waals surface area contributed by atoms with Crippen LogP contribution < -0.4 is 10.0 Å². The Balaban J connectivity index is 2.37. The van der Waals surface area contributed by atoms with Gasteiger partial charge in [0.15, 0.2) is 5.78 Å². The van der Waals surface area contributed by atoms with E-state index < -0.39 is 11.2 Å². The number of thioether (sulfide) groups is 1. The van der Waals surface area contributed by atoms with Gasteiger partial charge in [-0.2, -0.15) is 0 Å². The van der Waals surface area contributed by atoms with Crippen LogP contribution in [0.15, 0.2) is 41.4 Å². The minimum atomic E-state index is -1.28. The van der Waals surface area contributed by atoms with E-state index in [4.69, 9.17) is 0 Å². The van der Waals surface area contributed by atoms with Gasteiger partial charge in [-0.25, -0.2) is 0 Å². The second-order valence-electron chi connectivity index (χ2n) is 4.29. The molecule has 1 fully saturated rings. The quantitative estimate of drug-likeness (QED) is 0.763. The summed E-state index contributed by atoms with van der Waals surface area (Å²) in [6.45, 7) is 1.38. The first-order valence-corrected chi connectivity index (χ1v) is 6.85. The lowest BCUT2D eigenvalue weighted by molar-refractivity contribution is -0.305. The molecule has 0 saturated carbocycles. The van der Waals surface area contributed by atoms with E-state index in [0.717, 1.165) is 11.8 Å². The molecule has 0 spiro atoms. The summed E-state index contributed by atoms with van der Waals surface area (Å²) in [5, 5.41) is 10.4. The minimum absolute atomic E-state index is 0.199. The number of carboxylic acids is 1. The van der Waals surface area contributed by atoms with Gasteiger partial charge in [0, 0.05) is 24.2 Å². The van der Waals surface area contributed by atoms with Crippen LogP contribution in [0.1, 0.15) is 13.3 Å². The molecule has 1 aromatic carbocycles. The lowest BCUT2D eigenvalue weighted by Gasteiger charge is -2.17. The average molecular weight is 290 g/mol. The first-order chi connectivity index (χ1) is 9.49. The van der Waals surface area contributed by atoms with E-state index in [0.29, 0.717) is 10.7 Å². The molecular formula is C14H12NO4S-. The van der Waals surface area contributed by atoms with Crippen molar-refractivity contribution in [2.45, 2.75) is 18.6 Å². The zero-order valence-electron chi connectivity index (χ0n) is 10.7. The van der Waals surface area contributed by atoms with Gasteiger partial charge in [-0.1, -0.05) is 30.0 Å². The van der Waals surface area contributed by atoms with Crippen molar-refractivity contribution in [3.8, 4) is 0 Å². The van der Waals surface area contributed by atoms with E-state index in [1.165, 1.54) is 17.9 Å². The number of allylic oxidation sites excluding steroid dienone is 1. The largest absolute Gasteiger partial charge is 0.550 e. The molecule has 1 aromatic rings. The summed E-state index contributed by atoms with van der Waals surface area (Å²) in [4.78, 5) is 35.6. The first kappa shape index (κ1) is 14.3. The summed E-state index contributed by atoms with van der Waals surface area (Å²) in [6.07, 6.45) is 0.965. The van der Waals surface area contributed by atoms with E-state index in [1.54, 1.807) is 24.3 Å². The van der Waals surface area contributed by atoms with Crippen molar-refractivity contribution in [3.63, 3.8) is 0 Å². The molecule has 0 aliphatic carbocycles. The third kappa shape index (κ3) is 3.08. The number of rotatable bonds is 4. The van der Waals surface area contributed by atoms with Gasteiger partial charge in [0.25, 0.3) is 0 Å². The molecule has 1 aliphatic heterocycles. The monoisotopic (exact) mass is 290 g/mol. The normalized spacial score (nSPS) is 20.4. The molecule has 6 heteroatoms. The number of aliphatic carboxylic acids is 1. The number of amides is 1. The number of carbonyl (C=O) groups excluding carboxylic acids is 3. The molecule has 1 amide bonds. The standard InChI is InChI=1S/C14H13NO4S/c1-9(16)7-12-15(10-5-3-2-4-6-10)14(19)11(20-12)8-13(17)18/h2-7,11H,8H2,1H3,(H,17,18)/p-1/b12-7-/t11-/m1/s1. The highest BCUT2D eigenvalue weighted by Gasteiger charge is 2.37. The molecule has 0 aromatic heterocycles. The molecule has 1 saturated heterocycles. The molecular weight excluding hydrogens is 278 g/mol. The Bertz CT molecular complexity index is 582. The Morgan fingerprint density at radius 1 is 1.35 bits per heavy atom. The maximum Gasteiger partial charge on any atom is 0.245 e. The summed E-state index contributed by atoms with van der Waals surface area (Å²) >= 11 is 1.07. The zero-order valence-corrected chi connectivity index (χ0v) is 11.6. The SMILES string of the molecule is CC(=O)/C=C1\S[C@H](CC(=O)[O-])C(=O)N1c1ccccc1. The van der Waals surface area contributed by atoms with Crippen LogP contribution in [0.4, 0.5) is 5.69 Å². The Morgan fingerprint density at radius 2 is 2.00 bits per heavy atom. The van der Waals surface area contributed by atoms with Crippen molar-refractivity contribution in [3.05, 3.63) is 41.4 Å². The molecule has 2 rings (SSSR count). The second-order valence-corrected chi connectivity index (χ2v) is 5.51. The lowest BCUT2D eigenvalue weighted by Crippen LogP contribution is -2.33. The molecule has 5 nitrogen and oxygen atoms in total. The van der Waals surface area contributed by atoms with Gasteiger partial charge in [-0.15, -0.1) is 0 Å². The molecule has 20 heavy (non-hydrogen) atoms. The van der Waals surface area contributed by atoms with Crippen molar-refractivity contribution < 1.29 is 19.5 Å². The smallest absolute Gasteiger partial charge is 0.245 e. The highest BCUT2D eigenvalue weighted by Crippen LogP contribution is 2.39. The summed E-state index contributed by atoms with van der Waals surface area (Å²) in [7, 11) is 0. The van der Waals surface area contributed by atoms with Crippen molar-refractivity contribution in [2.24, 2.45) is 0 Å². The topological polar surface area (TPSA) is 77.5 Å². The summed E-state index contributed by atoms with van der Waals surface area (Å²) in [6, 6.07) is 8.81. The van der Waals surface area contributed by atoms with Crippen molar-refractivity contribution in [1.82, 2.24) is 0 Å². The number of carboxylic acid groups (broad SMARTS) is 1. The summed E-state index contributed by atoms with van der Waals surface area (Å²) in [5.41, 5.74) is 0.610. The van der Waals surface area contributed by atoms with Crippen LogP contribution in [0.5, 0.6) is 0 Å². The third-order valence-corrected chi connectivity index (χ3v) is 3.87. The van der Waals surface area contributed by atoms with Crippen LogP contribution in [0.3, 0.4) is 0 Å². The minimum Gasteiger partial charge on any atom is -0.550 e. The van der Waals surface area contributed by atoms with Crippen LogP contribution in [0, 0.1) is 0 Å². The van der Waals surface area contributed by atoms with E-state index in [9.17, 15) is 19.5 Å². The van der Waals surface area contributed by atoms with Crippen LogP contribution in [0.2, 0.25) is 0 Å². The van der Waals surface area contributed by atoms with E-state index >= 15 is 0 Å². The molecule has 104 valence electrons. The Labute approximate surface area is 120 Å². The van der Waals surface area contributed by atoms with E-state index in [2.05, 4.69) is 0 Å². The van der Waals surface area contributed by atoms with Crippen molar-refractivity contribution in [1.29, 1.82) is 0 Å². The molecule has 0 bridgehead atoms. The second kappa shape index (κ2) is 5.92. The molecule has 1 atom stereocenters. The predicted octanol–water partition coefficient (Wildman–Crippen LogP) is 0.705. The van der Waals surface area contributed by atoms with Gasteiger partial charge in [0.05, 0.1) is 10.3 Å². The third-order valence-electron chi connectivity index (χ3n) is 2.67. The fourth-order valence-electron chi connectivity index (χ4n) is 1.89. The number of benzene rings is 1. The van der Waals surface area contributed by atoms with Crippen molar-refractivity contribution >= 4 is 35.1 Å². The summed E-state index contributed by atoms with van der Waals surface area (Å²) < 4.78 is 0. The number of para-hydroxylation sites is 1. The highest BCUT2D eigenvalue weighted by atomic mass is 32.2. The van der Waals surface area contributed by atoms with Crippen molar-refractivity contribution in [2.75, 3.05) is 4.90 Å². The Hall–Kier alpha value is -2.08. The van der Waals surface area contributed by atoms with Crippen LogP contribution in [-0.2, 0) is 14.4 Å². The van der Waals surface area contributed by atoms with E-state index in [1.807, 2.05) is 6.07 Å². The van der Waals surface area contributed by atoms with Crippen LogP contribution >= 0.6 is 11.8 Å². The Morgan fingerprint density at radius 3 is 2.55 bits per heavy atom. The summed E-state index contributed by atoms with van der Waals surface area (Å²) in [5.74, 6) is -1.83. The number of hydrogen-bond acceptors (Lipinski definition) is 5. The van der Waals surface area contributed by atoms with Gasteiger partial charge in [0.1, 0.15) is 0 Å². The number of carbonyl (C=O) groups is 3. The van der Waals surface area contributed by atoms with Gasteiger partial charge in [0.2, 0.25) is 5.91 Å². The number of ketones is 1. The number of anilines is 1. The van der Waals surface area contributed by atoms with Gasteiger partial charge in [-0.3, -0.25) is 14.5 Å². The molecule has 0 unspecified atom stereocenters. The molecule has 0 radical (unpaired) electrons. The fraction of sp³-hybridized carbons (Fsp3) is 0.214. The Kier molecular flexibility index (Phi) is 4.24. The highest BCUT2D eigenvalue weighted by molar-refractivity contribution is 8.05. The number of nitrogens with zero attached hydrogens (tertiary/aromatic N) is 1. The average Bonchev–Trinajstić information content (AvgIpc) is 2.65. The van der Waals surface area contributed by atoms with E-state index in [-0.39, 0.29) is 18.1 Å². The maximum absolute atomic E-state index is 12.3. The maximum atomic E-state index is 12.3. The lowest BCUT2D eigenvalue weighted by atomic mass is 10.2. The number of hydrogen-bond donors (Lipinski definition) is 0. The molecule has 0 N–H and O–H groups in total.